The van der Waals surface area contributed by atoms with E-state index in [9.17, 15) is 4.79 Å². The highest BCUT2D eigenvalue weighted by atomic mass is 35.5. The molecule has 0 bridgehead atoms. The molecule has 0 aliphatic heterocycles. The van der Waals surface area contributed by atoms with Gasteiger partial charge in [-0.2, -0.15) is 0 Å². The standard InChI is InChI=1S/C14H12Cl2N2OS/c1-17-9-4-3-8(7-10(9)18(2)14(17)19)13(16)11-5-6-12(15)20-11/h3-7,13H,1-2H3. The first kappa shape index (κ1) is 13.7. The van der Waals surface area contributed by atoms with Crippen LogP contribution in [0.2, 0.25) is 4.34 Å². The quantitative estimate of drug-likeness (QED) is 0.656. The minimum Gasteiger partial charge on any atom is -0.295 e. The van der Waals surface area contributed by atoms with Gasteiger partial charge in [0.1, 0.15) is 0 Å². The average molecular weight is 327 g/mol. The molecule has 0 fully saturated rings. The minimum absolute atomic E-state index is 0.0394. The van der Waals surface area contributed by atoms with Crippen molar-refractivity contribution in [2.75, 3.05) is 0 Å². The van der Waals surface area contributed by atoms with Crippen LogP contribution in [0.15, 0.2) is 35.1 Å². The molecule has 3 aromatic rings. The smallest absolute Gasteiger partial charge is 0.295 e. The van der Waals surface area contributed by atoms with E-state index in [4.69, 9.17) is 23.2 Å². The Bertz CT molecular complexity index is 847. The Morgan fingerprint density at radius 3 is 2.45 bits per heavy atom. The number of imidazole rings is 1. The largest absolute Gasteiger partial charge is 0.328 e. The summed E-state index contributed by atoms with van der Waals surface area (Å²) in [4.78, 5) is 12.9. The third-order valence-corrected chi connectivity index (χ3v) is 5.34. The Morgan fingerprint density at radius 2 is 1.80 bits per heavy atom. The van der Waals surface area contributed by atoms with Crippen molar-refractivity contribution < 1.29 is 0 Å². The van der Waals surface area contributed by atoms with E-state index in [2.05, 4.69) is 0 Å². The monoisotopic (exact) mass is 326 g/mol. The lowest BCUT2D eigenvalue weighted by Crippen LogP contribution is -2.19. The van der Waals surface area contributed by atoms with Gasteiger partial charge in [-0.1, -0.05) is 17.7 Å². The van der Waals surface area contributed by atoms with E-state index in [1.807, 2.05) is 30.3 Å². The van der Waals surface area contributed by atoms with E-state index in [1.54, 1.807) is 23.2 Å². The van der Waals surface area contributed by atoms with Crippen molar-refractivity contribution in [1.29, 1.82) is 0 Å². The summed E-state index contributed by atoms with van der Waals surface area (Å²) in [6, 6.07) is 9.61. The zero-order valence-corrected chi connectivity index (χ0v) is 13.3. The molecule has 2 aromatic heterocycles. The second kappa shape index (κ2) is 4.95. The number of thiophene rings is 1. The molecule has 1 unspecified atom stereocenters. The van der Waals surface area contributed by atoms with Gasteiger partial charge in [-0.15, -0.1) is 22.9 Å². The predicted molar refractivity (Wildman–Crippen MR) is 85.2 cm³/mol. The molecule has 104 valence electrons. The van der Waals surface area contributed by atoms with Gasteiger partial charge in [0.2, 0.25) is 0 Å². The zero-order valence-electron chi connectivity index (χ0n) is 10.9. The molecule has 20 heavy (non-hydrogen) atoms. The summed E-state index contributed by atoms with van der Waals surface area (Å²) in [7, 11) is 3.53. The van der Waals surface area contributed by atoms with E-state index >= 15 is 0 Å². The molecular formula is C14H12Cl2N2OS. The van der Waals surface area contributed by atoms with E-state index in [-0.39, 0.29) is 11.1 Å². The van der Waals surface area contributed by atoms with Gasteiger partial charge in [0.15, 0.2) is 0 Å². The van der Waals surface area contributed by atoms with Crippen molar-refractivity contribution in [3.05, 3.63) is 55.6 Å². The fraction of sp³-hybridized carbons (Fsp3) is 0.214. The molecule has 0 radical (unpaired) electrons. The lowest BCUT2D eigenvalue weighted by Gasteiger charge is -2.08. The van der Waals surface area contributed by atoms with Crippen LogP contribution in [0.1, 0.15) is 15.8 Å². The molecule has 1 atom stereocenters. The number of halogens is 2. The summed E-state index contributed by atoms with van der Waals surface area (Å²) in [5.74, 6) is 0. The van der Waals surface area contributed by atoms with Gasteiger partial charge in [-0.05, 0) is 29.8 Å². The molecular weight excluding hydrogens is 315 g/mol. The van der Waals surface area contributed by atoms with Gasteiger partial charge in [-0.3, -0.25) is 9.13 Å². The number of fused-ring (bicyclic) bond motifs is 1. The summed E-state index contributed by atoms with van der Waals surface area (Å²) >= 11 is 13.9. The molecule has 0 amide bonds. The molecule has 0 aliphatic carbocycles. The van der Waals surface area contributed by atoms with Crippen LogP contribution in [0.25, 0.3) is 11.0 Å². The van der Waals surface area contributed by atoms with E-state index in [0.717, 1.165) is 25.8 Å². The number of aryl methyl sites for hydroxylation is 2. The summed E-state index contributed by atoms with van der Waals surface area (Å²) in [6.45, 7) is 0. The molecule has 0 saturated carbocycles. The van der Waals surface area contributed by atoms with Crippen molar-refractivity contribution >= 4 is 45.6 Å². The fourth-order valence-electron chi connectivity index (χ4n) is 2.31. The molecule has 0 spiro atoms. The number of hydrogen-bond acceptors (Lipinski definition) is 2. The van der Waals surface area contributed by atoms with Crippen molar-refractivity contribution in [1.82, 2.24) is 9.13 Å². The lowest BCUT2D eigenvalue weighted by atomic mass is 10.1. The summed E-state index contributed by atoms with van der Waals surface area (Å²) in [6.07, 6.45) is 0. The van der Waals surface area contributed by atoms with Gasteiger partial charge < -0.3 is 0 Å². The third-order valence-electron chi connectivity index (χ3n) is 3.43. The van der Waals surface area contributed by atoms with Crippen molar-refractivity contribution in [2.24, 2.45) is 14.1 Å². The van der Waals surface area contributed by atoms with Gasteiger partial charge in [0, 0.05) is 19.0 Å². The van der Waals surface area contributed by atoms with Crippen LogP contribution in [0.5, 0.6) is 0 Å². The zero-order chi connectivity index (χ0) is 14.4. The van der Waals surface area contributed by atoms with Crippen LogP contribution in [-0.2, 0) is 14.1 Å². The van der Waals surface area contributed by atoms with E-state index in [0.29, 0.717) is 0 Å². The highest BCUT2D eigenvalue weighted by Crippen LogP contribution is 2.36. The molecule has 3 nitrogen and oxygen atoms in total. The number of alkyl halides is 1. The Kier molecular flexibility index (Phi) is 3.40. The SMILES string of the molecule is Cn1c(=O)n(C)c2cc(C(Cl)c3ccc(Cl)s3)ccc21. The molecule has 0 aliphatic rings. The summed E-state index contributed by atoms with van der Waals surface area (Å²) in [5, 5.41) is -0.257. The lowest BCUT2D eigenvalue weighted by molar-refractivity contribution is 0.795. The molecule has 1 aromatic carbocycles. The first-order valence-corrected chi connectivity index (χ1v) is 7.67. The Morgan fingerprint density at radius 1 is 1.10 bits per heavy atom. The van der Waals surface area contributed by atoms with Crippen LogP contribution < -0.4 is 5.69 Å². The van der Waals surface area contributed by atoms with Gasteiger partial charge >= 0.3 is 5.69 Å². The van der Waals surface area contributed by atoms with Crippen molar-refractivity contribution in [3.8, 4) is 0 Å². The van der Waals surface area contributed by atoms with Gasteiger partial charge in [0.25, 0.3) is 0 Å². The minimum atomic E-state index is -0.257. The second-order valence-electron chi connectivity index (χ2n) is 4.65. The highest BCUT2D eigenvalue weighted by molar-refractivity contribution is 7.16. The second-order valence-corrected chi connectivity index (χ2v) is 6.84. The van der Waals surface area contributed by atoms with Crippen LogP contribution in [0.3, 0.4) is 0 Å². The summed E-state index contributed by atoms with van der Waals surface area (Å²) in [5.41, 5.74) is 2.69. The predicted octanol–water partition coefficient (Wildman–Crippen LogP) is 3.92. The number of nitrogens with zero attached hydrogens (tertiary/aromatic N) is 2. The van der Waals surface area contributed by atoms with Crippen LogP contribution in [0, 0.1) is 0 Å². The average Bonchev–Trinajstić information content (AvgIpc) is 2.97. The highest BCUT2D eigenvalue weighted by Gasteiger charge is 2.16. The number of hydrogen-bond donors (Lipinski definition) is 0. The maximum Gasteiger partial charge on any atom is 0.328 e. The van der Waals surface area contributed by atoms with Gasteiger partial charge in [-0.25, -0.2) is 4.79 Å². The van der Waals surface area contributed by atoms with Gasteiger partial charge in [0.05, 0.1) is 20.7 Å². The molecule has 0 N–H and O–H groups in total. The molecule has 2 heterocycles. The van der Waals surface area contributed by atoms with Crippen molar-refractivity contribution in [3.63, 3.8) is 0 Å². The first-order valence-electron chi connectivity index (χ1n) is 6.03. The number of benzene rings is 1. The Balaban J connectivity index is 2.14. The van der Waals surface area contributed by atoms with E-state index in [1.165, 1.54) is 11.3 Å². The topological polar surface area (TPSA) is 26.9 Å². The van der Waals surface area contributed by atoms with E-state index < -0.39 is 0 Å². The number of rotatable bonds is 2. The first-order chi connectivity index (χ1) is 9.49. The summed E-state index contributed by atoms with van der Waals surface area (Å²) < 4.78 is 3.98. The Hall–Kier alpha value is -1.23. The normalized spacial score (nSPS) is 13.0. The third kappa shape index (κ3) is 2.08. The molecule has 6 heteroatoms. The molecule has 3 rings (SSSR count). The molecule has 0 saturated heterocycles. The van der Waals surface area contributed by atoms with Crippen LogP contribution in [-0.4, -0.2) is 9.13 Å². The Labute approximate surface area is 130 Å². The number of aromatic nitrogens is 2. The van der Waals surface area contributed by atoms with Crippen LogP contribution in [0.4, 0.5) is 0 Å². The van der Waals surface area contributed by atoms with Crippen molar-refractivity contribution in [2.45, 2.75) is 5.38 Å². The fourth-order valence-corrected chi connectivity index (χ4v) is 3.72. The maximum atomic E-state index is 11.9. The van der Waals surface area contributed by atoms with Crippen LogP contribution >= 0.6 is 34.5 Å². The maximum absolute atomic E-state index is 11.9.